The van der Waals surface area contributed by atoms with E-state index in [9.17, 15) is 0 Å². The van der Waals surface area contributed by atoms with E-state index in [-0.39, 0.29) is 11.9 Å². The number of hydrogen-bond acceptors (Lipinski definition) is 8. The van der Waals surface area contributed by atoms with E-state index in [2.05, 4.69) is 9.98 Å². The van der Waals surface area contributed by atoms with Crippen molar-refractivity contribution in [3.8, 4) is 0 Å². The summed E-state index contributed by atoms with van der Waals surface area (Å²) in [5.74, 6) is 0.390. The topological polar surface area (TPSA) is 118 Å². The molecule has 1 unspecified atom stereocenters. The van der Waals surface area contributed by atoms with E-state index in [1.807, 2.05) is 5.01 Å². The van der Waals surface area contributed by atoms with Gasteiger partial charge in [0.25, 0.3) is 0 Å². The molecular formula is C7H15N7O. The molecule has 0 aromatic carbocycles. The number of hydrogen-bond donors (Lipinski definition) is 3. The first-order valence-electron chi connectivity index (χ1n) is 4.73. The van der Waals surface area contributed by atoms with E-state index in [1.165, 1.54) is 0 Å². The predicted molar refractivity (Wildman–Crippen MR) is 55.5 cm³/mol. The van der Waals surface area contributed by atoms with Crippen LogP contribution in [-0.2, 0) is 4.74 Å². The maximum absolute atomic E-state index is 5.81. The van der Waals surface area contributed by atoms with Crippen LogP contribution in [0, 0.1) is 0 Å². The molecule has 0 aliphatic carbocycles. The van der Waals surface area contributed by atoms with E-state index >= 15 is 0 Å². The molecule has 8 nitrogen and oxygen atoms in total. The van der Waals surface area contributed by atoms with Gasteiger partial charge >= 0.3 is 0 Å². The molecule has 0 radical (unpaired) electrons. The zero-order valence-corrected chi connectivity index (χ0v) is 8.33. The van der Waals surface area contributed by atoms with Gasteiger partial charge < -0.3 is 16.2 Å². The zero-order chi connectivity index (χ0) is 10.8. The summed E-state index contributed by atoms with van der Waals surface area (Å²) in [4.78, 5) is 7.81. The fourth-order valence-corrected chi connectivity index (χ4v) is 1.60. The fourth-order valence-electron chi connectivity index (χ4n) is 1.60. The highest BCUT2D eigenvalue weighted by Crippen LogP contribution is 2.08. The average molecular weight is 213 g/mol. The van der Waals surface area contributed by atoms with Gasteiger partial charge in [0, 0.05) is 13.1 Å². The van der Waals surface area contributed by atoms with Crippen LogP contribution in [-0.4, -0.2) is 54.5 Å². The van der Waals surface area contributed by atoms with Gasteiger partial charge in [0.1, 0.15) is 0 Å². The van der Waals surface area contributed by atoms with Gasteiger partial charge in [-0.1, -0.05) is 0 Å². The van der Waals surface area contributed by atoms with Gasteiger partial charge in [-0.25, -0.2) is 15.0 Å². The van der Waals surface area contributed by atoms with Crippen molar-refractivity contribution >= 4 is 11.9 Å². The molecule has 0 saturated carbocycles. The van der Waals surface area contributed by atoms with E-state index in [4.69, 9.17) is 21.9 Å². The van der Waals surface area contributed by atoms with Crippen molar-refractivity contribution in [2.24, 2.45) is 27.2 Å². The third-order valence-corrected chi connectivity index (χ3v) is 2.27. The van der Waals surface area contributed by atoms with Crippen molar-refractivity contribution < 1.29 is 4.74 Å². The minimum atomic E-state index is -0.597. The Morgan fingerprint density at radius 1 is 1.27 bits per heavy atom. The number of nitrogens with zero attached hydrogens (tertiary/aromatic N) is 4. The lowest BCUT2D eigenvalue weighted by atomic mass is 10.5. The molecule has 84 valence electrons. The summed E-state index contributed by atoms with van der Waals surface area (Å²) in [6, 6.07) is 0. The summed E-state index contributed by atoms with van der Waals surface area (Å²) < 4.78 is 5.23. The SMILES string of the molecule is NC1=NC(N)N(N2CCOCC2)C(N)=N1. The molecule has 0 bridgehead atoms. The predicted octanol–water partition coefficient (Wildman–Crippen LogP) is -2.58. The molecule has 0 spiro atoms. The maximum atomic E-state index is 5.81. The number of morpholine rings is 1. The molecule has 0 aromatic rings. The second kappa shape index (κ2) is 4.01. The number of ether oxygens (including phenoxy) is 1. The Hall–Kier alpha value is -1.38. The second-order valence-corrected chi connectivity index (χ2v) is 3.28. The molecule has 0 amide bonds. The third kappa shape index (κ3) is 2.01. The van der Waals surface area contributed by atoms with Crippen LogP contribution in [0.25, 0.3) is 0 Å². The first-order chi connectivity index (χ1) is 7.18. The molecule has 2 aliphatic heterocycles. The summed E-state index contributed by atoms with van der Waals surface area (Å²) in [5, 5.41) is 3.60. The van der Waals surface area contributed by atoms with Crippen LogP contribution in [0.3, 0.4) is 0 Å². The number of hydrazine groups is 1. The minimum Gasteiger partial charge on any atom is -0.379 e. The molecule has 1 atom stereocenters. The Balaban J connectivity index is 2.11. The van der Waals surface area contributed by atoms with Crippen LogP contribution >= 0.6 is 0 Å². The Labute approximate surface area is 87.3 Å². The van der Waals surface area contributed by atoms with Crippen molar-refractivity contribution in [3.05, 3.63) is 0 Å². The molecule has 0 aromatic heterocycles. The summed E-state index contributed by atoms with van der Waals surface area (Å²) >= 11 is 0. The van der Waals surface area contributed by atoms with Crippen LogP contribution in [0.5, 0.6) is 0 Å². The lowest BCUT2D eigenvalue weighted by molar-refractivity contribution is -0.0681. The summed E-state index contributed by atoms with van der Waals surface area (Å²) in [7, 11) is 0. The zero-order valence-electron chi connectivity index (χ0n) is 8.33. The van der Waals surface area contributed by atoms with Crippen LogP contribution in [0.1, 0.15) is 0 Å². The molecule has 2 heterocycles. The van der Waals surface area contributed by atoms with Crippen LogP contribution in [0.15, 0.2) is 9.98 Å². The van der Waals surface area contributed by atoms with Crippen molar-refractivity contribution in [1.82, 2.24) is 10.0 Å². The lowest BCUT2D eigenvalue weighted by Gasteiger charge is -2.40. The van der Waals surface area contributed by atoms with Crippen molar-refractivity contribution in [2.45, 2.75) is 6.29 Å². The maximum Gasteiger partial charge on any atom is 0.221 e. The fraction of sp³-hybridized carbons (Fsp3) is 0.714. The van der Waals surface area contributed by atoms with Gasteiger partial charge in [0.2, 0.25) is 11.9 Å². The normalized spacial score (nSPS) is 28.6. The first kappa shape index (κ1) is 10.1. The largest absolute Gasteiger partial charge is 0.379 e. The number of nitrogens with two attached hydrogens (primary N) is 3. The quantitative estimate of drug-likeness (QED) is 0.440. The van der Waals surface area contributed by atoms with E-state index in [0.29, 0.717) is 13.2 Å². The lowest BCUT2D eigenvalue weighted by Crippen LogP contribution is -2.62. The monoisotopic (exact) mass is 213 g/mol. The second-order valence-electron chi connectivity index (χ2n) is 3.28. The van der Waals surface area contributed by atoms with Crippen molar-refractivity contribution in [1.29, 1.82) is 0 Å². The minimum absolute atomic E-state index is 0.115. The molecule has 1 saturated heterocycles. The van der Waals surface area contributed by atoms with Gasteiger partial charge in [0.15, 0.2) is 6.29 Å². The third-order valence-electron chi connectivity index (χ3n) is 2.27. The van der Waals surface area contributed by atoms with E-state index in [0.717, 1.165) is 13.1 Å². The van der Waals surface area contributed by atoms with Gasteiger partial charge in [-0.05, 0) is 0 Å². The van der Waals surface area contributed by atoms with Crippen LogP contribution in [0.4, 0.5) is 0 Å². The van der Waals surface area contributed by atoms with Gasteiger partial charge in [-0.2, -0.15) is 4.99 Å². The Kier molecular flexibility index (Phi) is 2.71. The molecule has 6 N–H and O–H groups in total. The highest BCUT2D eigenvalue weighted by Gasteiger charge is 2.28. The standard InChI is InChI=1S/C7H15N7O/c8-5-11-6(9)14(7(10)12-5)13-1-3-15-4-2-13/h6H,1-4,9H2,(H4,8,10,11,12). The molecule has 15 heavy (non-hydrogen) atoms. The van der Waals surface area contributed by atoms with Gasteiger partial charge in [0.05, 0.1) is 13.2 Å². The van der Waals surface area contributed by atoms with Crippen LogP contribution < -0.4 is 17.2 Å². The molecule has 1 fully saturated rings. The molecule has 2 aliphatic rings. The number of rotatable bonds is 1. The molecule has 8 heteroatoms. The Morgan fingerprint density at radius 2 is 1.93 bits per heavy atom. The van der Waals surface area contributed by atoms with Crippen molar-refractivity contribution in [2.75, 3.05) is 26.3 Å². The average Bonchev–Trinajstić information content (AvgIpc) is 2.17. The summed E-state index contributed by atoms with van der Waals surface area (Å²) in [6.45, 7) is 2.74. The first-order valence-corrected chi connectivity index (χ1v) is 4.73. The summed E-state index contributed by atoms with van der Waals surface area (Å²) in [6.07, 6.45) is -0.597. The van der Waals surface area contributed by atoms with Gasteiger partial charge in [-0.15, -0.1) is 0 Å². The smallest absolute Gasteiger partial charge is 0.221 e. The molecular weight excluding hydrogens is 198 g/mol. The number of guanidine groups is 2. The van der Waals surface area contributed by atoms with E-state index < -0.39 is 6.29 Å². The number of aliphatic imine (C=N–C) groups is 2. The Bertz CT molecular complexity index is 296. The van der Waals surface area contributed by atoms with Crippen molar-refractivity contribution in [3.63, 3.8) is 0 Å². The van der Waals surface area contributed by atoms with Gasteiger partial charge in [-0.3, -0.25) is 5.73 Å². The van der Waals surface area contributed by atoms with Crippen LogP contribution in [0.2, 0.25) is 0 Å². The highest BCUT2D eigenvalue weighted by molar-refractivity contribution is 5.94. The molecule has 2 rings (SSSR count). The highest BCUT2D eigenvalue weighted by atomic mass is 16.5. The summed E-state index contributed by atoms with van der Waals surface area (Å²) in [5.41, 5.74) is 17.0. The Morgan fingerprint density at radius 3 is 2.53 bits per heavy atom. The van der Waals surface area contributed by atoms with E-state index in [1.54, 1.807) is 5.01 Å².